The van der Waals surface area contributed by atoms with Gasteiger partial charge in [-0.2, -0.15) is 0 Å². The van der Waals surface area contributed by atoms with E-state index in [0.717, 1.165) is 25.7 Å². The Morgan fingerprint density at radius 1 is 1.24 bits per heavy atom. The molecule has 1 saturated carbocycles. The molecule has 0 aliphatic heterocycles. The molecule has 5 nitrogen and oxygen atoms in total. The summed E-state index contributed by atoms with van der Waals surface area (Å²) in [5.74, 6) is -0.0549. The van der Waals surface area contributed by atoms with E-state index in [4.69, 9.17) is 0 Å². The van der Waals surface area contributed by atoms with Crippen LogP contribution in [0.25, 0.3) is 0 Å². The number of hydrogen-bond donors (Lipinski definition) is 3. The van der Waals surface area contributed by atoms with Crippen molar-refractivity contribution in [2.45, 2.75) is 31.8 Å². The SMILES string of the molecule is CNC(=O)c1cccc(C(=O)NCC2CCCC(O)C2)c1. The minimum Gasteiger partial charge on any atom is -0.393 e. The monoisotopic (exact) mass is 290 g/mol. The van der Waals surface area contributed by atoms with Crippen LogP contribution in [0.15, 0.2) is 24.3 Å². The summed E-state index contributed by atoms with van der Waals surface area (Å²) in [6.45, 7) is 0.570. The third-order valence-electron chi connectivity index (χ3n) is 3.92. The van der Waals surface area contributed by atoms with Gasteiger partial charge in [0, 0.05) is 24.7 Å². The third-order valence-corrected chi connectivity index (χ3v) is 3.92. The van der Waals surface area contributed by atoms with Crippen LogP contribution in [0.2, 0.25) is 0 Å². The molecule has 0 radical (unpaired) electrons. The van der Waals surface area contributed by atoms with E-state index in [-0.39, 0.29) is 17.9 Å². The number of hydrogen-bond acceptors (Lipinski definition) is 3. The van der Waals surface area contributed by atoms with Crippen molar-refractivity contribution in [1.82, 2.24) is 10.6 Å². The lowest BCUT2D eigenvalue weighted by Crippen LogP contribution is -2.33. The Labute approximate surface area is 124 Å². The molecular formula is C16H22N2O3. The predicted molar refractivity (Wildman–Crippen MR) is 80.1 cm³/mol. The van der Waals surface area contributed by atoms with E-state index in [9.17, 15) is 14.7 Å². The average Bonchev–Trinajstić information content (AvgIpc) is 2.52. The van der Waals surface area contributed by atoms with Crippen LogP contribution in [-0.2, 0) is 0 Å². The molecule has 1 aliphatic carbocycles. The van der Waals surface area contributed by atoms with Crippen LogP contribution >= 0.6 is 0 Å². The molecule has 2 amide bonds. The molecule has 2 unspecified atom stereocenters. The summed E-state index contributed by atoms with van der Waals surface area (Å²) < 4.78 is 0. The van der Waals surface area contributed by atoms with Crippen molar-refractivity contribution in [2.24, 2.45) is 5.92 Å². The molecule has 1 aromatic rings. The van der Waals surface area contributed by atoms with Crippen LogP contribution in [-0.4, -0.2) is 36.6 Å². The quantitative estimate of drug-likeness (QED) is 0.782. The first-order valence-corrected chi connectivity index (χ1v) is 7.38. The Kier molecular flexibility index (Phi) is 5.33. The molecule has 1 aliphatic rings. The highest BCUT2D eigenvalue weighted by molar-refractivity contribution is 5.99. The second kappa shape index (κ2) is 7.22. The molecule has 0 aromatic heterocycles. The highest BCUT2D eigenvalue weighted by atomic mass is 16.3. The lowest BCUT2D eigenvalue weighted by molar-refractivity contribution is 0.0873. The number of nitrogens with one attached hydrogen (secondary N) is 2. The fourth-order valence-electron chi connectivity index (χ4n) is 2.73. The van der Waals surface area contributed by atoms with Crippen LogP contribution in [0.3, 0.4) is 0 Å². The van der Waals surface area contributed by atoms with E-state index >= 15 is 0 Å². The lowest BCUT2D eigenvalue weighted by atomic mass is 9.87. The van der Waals surface area contributed by atoms with E-state index in [1.54, 1.807) is 31.3 Å². The molecule has 5 heteroatoms. The van der Waals surface area contributed by atoms with E-state index in [0.29, 0.717) is 23.6 Å². The summed E-state index contributed by atoms with van der Waals surface area (Å²) in [7, 11) is 1.56. The molecule has 0 heterocycles. The summed E-state index contributed by atoms with van der Waals surface area (Å²) in [5, 5.41) is 15.1. The number of amides is 2. The van der Waals surface area contributed by atoms with Crippen molar-refractivity contribution >= 4 is 11.8 Å². The first-order valence-electron chi connectivity index (χ1n) is 7.38. The van der Waals surface area contributed by atoms with Gasteiger partial charge in [-0.3, -0.25) is 9.59 Å². The molecule has 114 valence electrons. The van der Waals surface area contributed by atoms with E-state index < -0.39 is 0 Å². The van der Waals surface area contributed by atoms with Gasteiger partial charge in [0.1, 0.15) is 0 Å². The number of aliphatic hydroxyl groups is 1. The summed E-state index contributed by atoms with van der Waals surface area (Å²) >= 11 is 0. The third kappa shape index (κ3) is 4.29. The predicted octanol–water partition coefficient (Wildman–Crippen LogP) is 1.33. The Morgan fingerprint density at radius 2 is 1.95 bits per heavy atom. The topological polar surface area (TPSA) is 78.4 Å². The summed E-state index contributed by atoms with van der Waals surface area (Å²) in [5.41, 5.74) is 0.950. The summed E-state index contributed by atoms with van der Waals surface area (Å²) in [4.78, 5) is 23.7. The molecule has 3 N–H and O–H groups in total. The zero-order valence-electron chi connectivity index (χ0n) is 12.3. The van der Waals surface area contributed by atoms with Gasteiger partial charge in [-0.1, -0.05) is 12.5 Å². The molecular weight excluding hydrogens is 268 g/mol. The minimum absolute atomic E-state index is 0.180. The molecule has 2 rings (SSSR count). The standard InChI is InChI=1S/C16H22N2O3/c1-17-15(20)12-5-3-6-13(9-12)16(21)18-10-11-4-2-7-14(19)8-11/h3,5-6,9,11,14,19H,2,4,7-8,10H2,1H3,(H,17,20)(H,18,21). The fourth-order valence-corrected chi connectivity index (χ4v) is 2.73. The smallest absolute Gasteiger partial charge is 0.251 e. The minimum atomic E-state index is -0.239. The number of rotatable bonds is 4. The lowest BCUT2D eigenvalue weighted by Gasteiger charge is -2.25. The van der Waals surface area contributed by atoms with Crippen LogP contribution in [0.4, 0.5) is 0 Å². The Balaban J connectivity index is 1.92. The highest BCUT2D eigenvalue weighted by Gasteiger charge is 2.20. The number of aliphatic hydroxyl groups excluding tert-OH is 1. The first kappa shape index (κ1) is 15.5. The molecule has 2 atom stereocenters. The van der Waals surface area contributed by atoms with Gasteiger partial charge >= 0.3 is 0 Å². The fraction of sp³-hybridized carbons (Fsp3) is 0.500. The molecule has 0 spiro atoms. The van der Waals surface area contributed by atoms with Crippen LogP contribution in [0.1, 0.15) is 46.4 Å². The van der Waals surface area contributed by atoms with Crippen molar-refractivity contribution in [3.63, 3.8) is 0 Å². The zero-order valence-corrected chi connectivity index (χ0v) is 12.3. The zero-order chi connectivity index (χ0) is 15.2. The van der Waals surface area contributed by atoms with E-state index in [1.807, 2.05) is 0 Å². The summed E-state index contributed by atoms with van der Waals surface area (Å²) in [6, 6.07) is 6.65. The number of carbonyl (C=O) groups is 2. The van der Waals surface area contributed by atoms with Gasteiger partial charge in [-0.25, -0.2) is 0 Å². The van der Waals surface area contributed by atoms with Gasteiger partial charge in [0.2, 0.25) is 0 Å². The van der Waals surface area contributed by atoms with Gasteiger partial charge in [-0.15, -0.1) is 0 Å². The van der Waals surface area contributed by atoms with Gasteiger partial charge in [-0.05, 0) is 43.4 Å². The molecule has 1 fully saturated rings. The van der Waals surface area contributed by atoms with Gasteiger partial charge < -0.3 is 15.7 Å². The molecule has 0 saturated heterocycles. The normalized spacial score (nSPS) is 21.6. The van der Waals surface area contributed by atoms with Gasteiger partial charge in [0.05, 0.1) is 6.10 Å². The molecule has 21 heavy (non-hydrogen) atoms. The van der Waals surface area contributed by atoms with Crippen molar-refractivity contribution in [1.29, 1.82) is 0 Å². The average molecular weight is 290 g/mol. The second-order valence-electron chi connectivity index (χ2n) is 5.56. The van der Waals surface area contributed by atoms with E-state index in [2.05, 4.69) is 10.6 Å². The van der Waals surface area contributed by atoms with Crippen LogP contribution < -0.4 is 10.6 Å². The first-order chi connectivity index (χ1) is 10.1. The molecule has 0 bridgehead atoms. The Bertz CT molecular complexity index is 516. The van der Waals surface area contributed by atoms with Crippen molar-refractivity contribution < 1.29 is 14.7 Å². The van der Waals surface area contributed by atoms with Gasteiger partial charge in [0.25, 0.3) is 11.8 Å². The largest absolute Gasteiger partial charge is 0.393 e. The van der Waals surface area contributed by atoms with Crippen LogP contribution in [0.5, 0.6) is 0 Å². The van der Waals surface area contributed by atoms with Gasteiger partial charge in [0.15, 0.2) is 0 Å². The maximum absolute atomic E-state index is 12.1. The Morgan fingerprint density at radius 3 is 2.62 bits per heavy atom. The number of benzene rings is 1. The van der Waals surface area contributed by atoms with Crippen molar-refractivity contribution in [3.8, 4) is 0 Å². The van der Waals surface area contributed by atoms with E-state index in [1.165, 1.54) is 0 Å². The Hall–Kier alpha value is -1.88. The van der Waals surface area contributed by atoms with Crippen LogP contribution in [0, 0.1) is 5.92 Å². The highest BCUT2D eigenvalue weighted by Crippen LogP contribution is 2.23. The summed E-state index contributed by atoms with van der Waals surface area (Å²) in [6.07, 6.45) is 3.41. The number of carbonyl (C=O) groups excluding carboxylic acids is 2. The van der Waals surface area contributed by atoms with Crippen molar-refractivity contribution in [2.75, 3.05) is 13.6 Å². The maximum Gasteiger partial charge on any atom is 0.251 e. The maximum atomic E-state index is 12.1. The van der Waals surface area contributed by atoms with Crippen molar-refractivity contribution in [3.05, 3.63) is 35.4 Å². The molecule has 1 aromatic carbocycles. The second-order valence-corrected chi connectivity index (χ2v) is 5.56.